The largest absolute Gasteiger partial charge is 0.496 e. The summed E-state index contributed by atoms with van der Waals surface area (Å²) in [7, 11) is 1.55. The van der Waals surface area contributed by atoms with Crippen LogP contribution in [-0.4, -0.2) is 54.9 Å². The van der Waals surface area contributed by atoms with Crippen molar-refractivity contribution >= 4 is 23.4 Å². The van der Waals surface area contributed by atoms with Crippen LogP contribution in [0.25, 0.3) is 0 Å². The average molecular weight is 351 g/mol. The van der Waals surface area contributed by atoms with Crippen LogP contribution in [0.3, 0.4) is 0 Å². The fourth-order valence-electron chi connectivity index (χ4n) is 3.20. The molecule has 3 rings (SSSR count). The third-order valence-electron chi connectivity index (χ3n) is 5.04. The van der Waals surface area contributed by atoms with E-state index in [-0.39, 0.29) is 17.7 Å². The maximum atomic E-state index is 12.8. The second-order valence-electron chi connectivity index (χ2n) is 6.55. The number of piperazine rings is 1. The quantitative estimate of drug-likeness (QED) is 0.842. The summed E-state index contributed by atoms with van der Waals surface area (Å²) in [5.74, 6) is 0.909. The van der Waals surface area contributed by atoms with E-state index in [0.717, 1.165) is 24.8 Å². The van der Waals surface area contributed by atoms with Crippen molar-refractivity contribution in [2.45, 2.75) is 26.2 Å². The van der Waals surface area contributed by atoms with Crippen LogP contribution >= 0.6 is 11.6 Å². The number of aryl methyl sites for hydroxylation is 1. The molecule has 0 radical (unpaired) electrons. The summed E-state index contributed by atoms with van der Waals surface area (Å²) >= 11 is 6.17. The molecule has 1 heterocycles. The minimum atomic E-state index is -0.0931. The Bertz CT molecular complexity index is 650. The SMILES string of the molecule is COc1cc(C)c(Cl)cc1C(=O)N1CCN(C(=O)C2CCC2)CC1. The number of carbonyl (C=O) groups is 2. The topological polar surface area (TPSA) is 49.9 Å². The minimum Gasteiger partial charge on any atom is -0.496 e. The van der Waals surface area contributed by atoms with Gasteiger partial charge in [-0.15, -0.1) is 0 Å². The van der Waals surface area contributed by atoms with Crippen LogP contribution in [-0.2, 0) is 4.79 Å². The molecule has 24 heavy (non-hydrogen) atoms. The van der Waals surface area contributed by atoms with Crippen LogP contribution in [0.4, 0.5) is 0 Å². The van der Waals surface area contributed by atoms with E-state index >= 15 is 0 Å². The molecular formula is C18H23ClN2O3. The Morgan fingerprint density at radius 1 is 1.12 bits per heavy atom. The molecule has 1 saturated heterocycles. The maximum absolute atomic E-state index is 12.8. The molecule has 0 atom stereocenters. The number of halogens is 1. The smallest absolute Gasteiger partial charge is 0.257 e. The molecule has 1 aromatic rings. The highest BCUT2D eigenvalue weighted by Crippen LogP contribution is 2.30. The second kappa shape index (κ2) is 7.01. The van der Waals surface area contributed by atoms with Gasteiger partial charge in [-0.2, -0.15) is 0 Å². The fourth-order valence-corrected chi connectivity index (χ4v) is 3.37. The van der Waals surface area contributed by atoms with Crippen LogP contribution in [0, 0.1) is 12.8 Å². The number of rotatable bonds is 3. The molecule has 2 fully saturated rings. The standard InChI is InChI=1S/C18H23ClN2O3/c1-12-10-16(24-2)14(11-15(12)19)18(23)21-8-6-20(7-9-21)17(22)13-4-3-5-13/h10-11,13H,3-9H2,1-2H3. The summed E-state index contributed by atoms with van der Waals surface area (Å²) in [4.78, 5) is 28.8. The zero-order chi connectivity index (χ0) is 17.3. The van der Waals surface area contributed by atoms with Gasteiger partial charge in [-0.3, -0.25) is 9.59 Å². The van der Waals surface area contributed by atoms with Crippen molar-refractivity contribution in [1.82, 2.24) is 9.80 Å². The molecule has 6 heteroatoms. The van der Waals surface area contributed by atoms with Gasteiger partial charge in [0.15, 0.2) is 0 Å². The summed E-state index contributed by atoms with van der Waals surface area (Å²) < 4.78 is 5.34. The number of amides is 2. The number of benzene rings is 1. The summed E-state index contributed by atoms with van der Waals surface area (Å²) in [6.07, 6.45) is 3.18. The molecule has 1 aliphatic carbocycles. The van der Waals surface area contributed by atoms with E-state index in [1.165, 1.54) is 0 Å². The molecule has 0 bridgehead atoms. The van der Waals surface area contributed by atoms with Gasteiger partial charge in [-0.25, -0.2) is 0 Å². The van der Waals surface area contributed by atoms with Crippen LogP contribution in [0.1, 0.15) is 35.2 Å². The third kappa shape index (κ3) is 3.22. The molecule has 1 aliphatic heterocycles. The van der Waals surface area contributed by atoms with Gasteiger partial charge >= 0.3 is 0 Å². The third-order valence-corrected chi connectivity index (χ3v) is 5.45. The van der Waals surface area contributed by atoms with Gasteiger partial charge in [0.25, 0.3) is 5.91 Å². The van der Waals surface area contributed by atoms with E-state index in [4.69, 9.17) is 16.3 Å². The first kappa shape index (κ1) is 17.1. The van der Waals surface area contributed by atoms with Crippen LogP contribution in [0.2, 0.25) is 5.02 Å². The van der Waals surface area contributed by atoms with Crippen molar-refractivity contribution in [3.05, 3.63) is 28.3 Å². The number of hydrogen-bond donors (Lipinski definition) is 0. The lowest BCUT2D eigenvalue weighted by Gasteiger charge is -2.38. The molecule has 1 aromatic carbocycles. The van der Waals surface area contributed by atoms with Crippen LogP contribution in [0.5, 0.6) is 5.75 Å². The van der Waals surface area contributed by atoms with Crippen molar-refractivity contribution in [3.63, 3.8) is 0 Å². The first-order valence-corrected chi connectivity index (χ1v) is 8.81. The van der Waals surface area contributed by atoms with Crippen molar-refractivity contribution < 1.29 is 14.3 Å². The van der Waals surface area contributed by atoms with E-state index in [1.54, 1.807) is 24.1 Å². The molecule has 2 aliphatic rings. The molecule has 5 nitrogen and oxygen atoms in total. The molecule has 0 N–H and O–H groups in total. The Labute approximate surface area is 147 Å². The Morgan fingerprint density at radius 2 is 1.75 bits per heavy atom. The highest BCUT2D eigenvalue weighted by atomic mass is 35.5. The van der Waals surface area contributed by atoms with Gasteiger partial charge in [-0.05, 0) is 37.5 Å². The van der Waals surface area contributed by atoms with Crippen LogP contribution in [0.15, 0.2) is 12.1 Å². The molecule has 0 aromatic heterocycles. The van der Waals surface area contributed by atoms with Crippen molar-refractivity contribution in [2.75, 3.05) is 33.3 Å². The molecule has 2 amide bonds. The molecule has 0 unspecified atom stereocenters. The van der Waals surface area contributed by atoms with Crippen molar-refractivity contribution in [1.29, 1.82) is 0 Å². The number of hydrogen-bond acceptors (Lipinski definition) is 3. The predicted octanol–water partition coefficient (Wildman–Crippen LogP) is 2.74. The molecule has 0 spiro atoms. The Balaban J connectivity index is 1.67. The van der Waals surface area contributed by atoms with E-state index in [1.807, 2.05) is 11.8 Å². The van der Waals surface area contributed by atoms with Crippen LogP contribution < -0.4 is 4.74 Å². The van der Waals surface area contributed by atoms with Gasteiger partial charge in [0, 0.05) is 37.1 Å². The van der Waals surface area contributed by atoms with E-state index < -0.39 is 0 Å². The maximum Gasteiger partial charge on any atom is 0.257 e. The number of ether oxygens (including phenoxy) is 1. The highest BCUT2D eigenvalue weighted by Gasteiger charge is 2.32. The highest BCUT2D eigenvalue weighted by molar-refractivity contribution is 6.31. The van der Waals surface area contributed by atoms with Gasteiger partial charge in [0.05, 0.1) is 12.7 Å². The molecule has 1 saturated carbocycles. The second-order valence-corrected chi connectivity index (χ2v) is 6.95. The van der Waals surface area contributed by atoms with E-state index in [9.17, 15) is 9.59 Å². The summed E-state index contributed by atoms with van der Waals surface area (Å²) in [6.45, 7) is 4.17. The molecular weight excluding hydrogens is 328 g/mol. The van der Waals surface area contributed by atoms with Gasteiger partial charge in [-0.1, -0.05) is 18.0 Å². The van der Waals surface area contributed by atoms with Crippen molar-refractivity contribution in [3.8, 4) is 5.75 Å². The van der Waals surface area contributed by atoms with Gasteiger partial charge in [0.2, 0.25) is 5.91 Å². The zero-order valence-electron chi connectivity index (χ0n) is 14.2. The lowest BCUT2D eigenvalue weighted by atomic mass is 9.84. The van der Waals surface area contributed by atoms with Gasteiger partial charge in [0.1, 0.15) is 5.75 Å². The Morgan fingerprint density at radius 3 is 2.29 bits per heavy atom. The normalized spacial score (nSPS) is 18.3. The Kier molecular flexibility index (Phi) is 4.99. The monoisotopic (exact) mass is 350 g/mol. The van der Waals surface area contributed by atoms with Gasteiger partial charge < -0.3 is 14.5 Å². The first-order chi connectivity index (χ1) is 11.5. The average Bonchev–Trinajstić information content (AvgIpc) is 2.54. The summed E-state index contributed by atoms with van der Waals surface area (Å²) in [6, 6.07) is 3.45. The fraction of sp³-hybridized carbons (Fsp3) is 0.556. The van der Waals surface area contributed by atoms with Crippen molar-refractivity contribution in [2.24, 2.45) is 5.92 Å². The zero-order valence-corrected chi connectivity index (χ0v) is 14.9. The number of carbonyl (C=O) groups excluding carboxylic acids is 2. The minimum absolute atomic E-state index is 0.0931. The predicted molar refractivity (Wildman–Crippen MR) is 92.6 cm³/mol. The molecule has 130 valence electrons. The Hall–Kier alpha value is -1.75. The van der Waals surface area contributed by atoms with E-state index in [0.29, 0.717) is 42.5 Å². The number of methoxy groups -OCH3 is 1. The van der Waals surface area contributed by atoms with E-state index in [2.05, 4.69) is 0 Å². The summed E-state index contributed by atoms with van der Waals surface area (Å²) in [5.41, 5.74) is 1.35. The lowest BCUT2D eigenvalue weighted by Crippen LogP contribution is -2.52. The summed E-state index contributed by atoms with van der Waals surface area (Å²) in [5, 5.41) is 0.554. The number of nitrogens with zero attached hydrogens (tertiary/aromatic N) is 2. The lowest BCUT2D eigenvalue weighted by molar-refractivity contribution is -0.139. The first-order valence-electron chi connectivity index (χ1n) is 8.43.